The molecule has 1 heterocycles. The second-order valence-electron chi connectivity index (χ2n) is 5.72. The molecule has 0 aliphatic rings. The fraction of sp³-hybridized carbons (Fsp3) is 0.263. The number of imidazole rings is 1. The Morgan fingerprint density at radius 3 is 2.71 bits per heavy atom. The van der Waals surface area contributed by atoms with Gasteiger partial charge < -0.3 is 4.57 Å². The second-order valence-corrected chi connectivity index (χ2v) is 5.72. The summed E-state index contributed by atoms with van der Waals surface area (Å²) in [6.07, 6.45) is 1.53. The quantitative estimate of drug-likeness (QED) is 0.740. The SMILES string of the molecule is CCCn1c(NC(=O)CCc2ccccc2F)nc2ccccc21. The van der Waals surface area contributed by atoms with Crippen LogP contribution in [0.5, 0.6) is 0 Å². The summed E-state index contributed by atoms with van der Waals surface area (Å²) in [5, 5.41) is 2.86. The van der Waals surface area contributed by atoms with Gasteiger partial charge in [-0.3, -0.25) is 10.1 Å². The van der Waals surface area contributed by atoms with Crippen LogP contribution in [0.4, 0.5) is 10.3 Å². The first-order chi connectivity index (χ1) is 11.7. The highest BCUT2D eigenvalue weighted by atomic mass is 19.1. The zero-order chi connectivity index (χ0) is 16.9. The number of nitrogens with zero attached hydrogens (tertiary/aromatic N) is 2. The first-order valence-corrected chi connectivity index (χ1v) is 8.17. The molecule has 0 aliphatic heterocycles. The van der Waals surface area contributed by atoms with Crippen molar-refractivity contribution in [1.29, 1.82) is 0 Å². The van der Waals surface area contributed by atoms with Crippen molar-refractivity contribution in [3.63, 3.8) is 0 Å². The van der Waals surface area contributed by atoms with E-state index in [0.29, 0.717) is 17.9 Å². The van der Waals surface area contributed by atoms with E-state index in [4.69, 9.17) is 0 Å². The molecule has 0 fully saturated rings. The largest absolute Gasteiger partial charge is 0.310 e. The van der Waals surface area contributed by atoms with E-state index < -0.39 is 0 Å². The van der Waals surface area contributed by atoms with Gasteiger partial charge in [-0.15, -0.1) is 0 Å². The number of rotatable bonds is 6. The Kier molecular flexibility index (Phi) is 4.89. The number of amides is 1. The van der Waals surface area contributed by atoms with E-state index in [1.807, 2.05) is 28.8 Å². The first kappa shape index (κ1) is 16.2. The van der Waals surface area contributed by atoms with E-state index in [-0.39, 0.29) is 18.1 Å². The molecule has 5 heteroatoms. The minimum atomic E-state index is -0.275. The van der Waals surface area contributed by atoms with Crippen molar-refractivity contribution in [3.05, 3.63) is 59.9 Å². The second kappa shape index (κ2) is 7.25. The van der Waals surface area contributed by atoms with Gasteiger partial charge in [0.05, 0.1) is 11.0 Å². The van der Waals surface area contributed by atoms with Crippen LogP contribution in [0, 0.1) is 5.82 Å². The van der Waals surface area contributed by atoms with Crippen molar-refractivity contribution < 1.29 is 9.18 Å². The highest BCUT2D eigenvalue weighted by molar-refractivity contribution is 5.91. The first-order valence-electron chi connectivity index (χ1n) is 8.17. The Morgan fingerprint density at radius 1 is 1.17 bits per heavy atom. The number of aryl methyl sites for hydroxylation is 2. The predicted molar refractivity (Wildman–Crippen MR) is 93.4 cm³/mol. The summed E-state index contributed by atoms with van der Waals surface area (Å²) in [5.41, 5.74) is 2.41. The van der Waals surface area contributed by atoms with Gasteiger partial charge in [0.1, 0.15) is 5.82 Å². The molecular formula is C19H20FN3O. The van der Waals surface area contributed by atoms with Crippen molar-refractivity contribution >= 4 is 22.9 Å². The smallest absolute Gasteiger partial charge is 0.227 e. The van der Waals surface area contributed by atoms with Crippen molar-refractivity contribution in [3.8, 4) is 0 Å². The monoisotopic (exact) mass is 325 g/mol. The van der Waals surface area contributed by atoms with Gasteiger partial charge in [0.2, 0.25) is 11.9 Å². The summed E-state index contributed by atoms with van der Waals surface area (Å²) in [6, 6.07) is 14.3. The number of hydrogen-bond donors (Lipinski definition) is 1. The van der Waals surface area contributed by atoms with Crippen LogP contribution in [0.25, 0.3) is 11.0 Å². The van der Waals surface area contributed by atoms with E-state index >= 15 is 0 Å². The Balaban J connectivity index is 1.73. The standard InChI is InChI=1S/C19H20FN3O/c1-2-13-23-17-10-6-5-9-16(17)21-19(23)22-18(24)12-11-14-7-3-4-8-15(14)20/h3-10H,2,11-13H2,1H3,(H,21,22,24). The number of anilines is 1. The molecule has 1 amide bonds. The molecule has 0 aliphatic carbocycles. The number of aromatic nitrogens is 2. The lowest BCUT2D eigenvalue weighted by Crippen LogP contribution is -2.16. The van der Waals surface area contributed by atoms with Crippen LogP contribution in [0.15, 0.2) is 48.5 Å². The average Bonchev–Trinajstić information content (AvgIpc) is 2.92. The molecule has 24 heavy (non-hydrogen) atoms. The molecule has 0 saturated heterocycles. The summed E-state index contributed by atoms with van der Waals surface area (Å²) in [7, 11) is 0. The van der Waals surface area contributed by atoms with Crippen molar-refractivity contribution in [2.75, 3.05) is 5.32 Å². The number of hydrogen-bond acceptors (Lipinski definition) is 2. The number of benzene rings is 2. The van der Waals surface area contributed by atoms with Gasteiger partial charge in [-0.05, 0) is 36.6 Å². The third kappa shape index (κ3) is 3.45. The maximum Gasteiger partial charge on any atom is 0.227 e. The van der Waals surface area contributed by atoms with E-state index in [1.165, 1.54) is 6.07 Å². The molecule has 0 saturated carbocycles. The maximum atomic E-state index is 13.6. The molecule has 1 aromatic heterocycles. The van der Waals surface area contributed by atoms with Gasteiger partial charge in [-0.25, -0.2) is 9.37 Å². The third-order valence-electron chi connectivity index (χ3n) is 3.93. The van der Waals surface area contributed by atoms with Crippen LogP contribution in [-0.2, 0) is 17.8 Å². The molecule has 2 aromatic carbocycles. The molecule has 3 rings (SSSR count). The number of para-hydroxylation sites is 2. The van der Waals surface area contributed by atoms with Gasteiger partial charge in [0, 0.05) is 13.0 Å². The Bertz CT molecular complexity index is 857. The van der Waals surface area contributed by atoms with Crippen LogP contribution < -0.4 is 5.32 Å². The van der Waals surface area contributed by atoms with Crippen LogP contribution >= 0.6 is 0 Å². The summed E-state index contributed by atoms with van der Waals surface area (Å²) in [5.74, 6) is 0.117. The molecule has 124 valence electrons. The van der Waals surface area contributed by atoms with E-state index in [1.54, 1.807) is 18.2 Å². The zero-order valence-electron chi connectivity index (χ0n) is 13.6. The molecule has 0 bridgehead atoms. The highest BCUT2D eigenvalue weighted by Crippen LogP contribution is 2.20. The normalized spacial score (nSPS) is 10.9. The number of halogens is 1. The van der Waals surface area contributed by atoms with Crippen molar-refractivity contribution in [1.82, 2.24) is 9.55 Å². The van der Waals surface area contributed by atoms with Crippen LogP contribution in [0.3, 0.4) is 0 Å². The molecule has 0 radical (unpaired) electrons. The highest BCUT2D eigenvalue weighted by Gasteiger charge is 2.13. The van der Waals surface area contributed by atoms with E-state index in [9.17, 15) is 9.18 Å². The Morgan fingerprint density at radius 2 is 1.92 bits per heavy atom. The van der Waals surface area contributed by atoms with Crippen LogP contribution in [-0.4, -0.2) is 15.5 Å². The third-order valence-corrected chi connectivity index (χ3v) is 3.93. The van der Waals surface area contributed by atoms with Crippen molar-refractivity contribution in [2.24, 2.45) is 0 Å². The maximum absolute atomic E-state index is 13.6. The predicted octanol–water partition coefficient (Wildman–Crippen LogP) is 4.16. The molecular weight excluding hydrogens is 305 g/mol. The average molecular weight is 325 g/mol. The minimum Gasteiger partial charge on any atom is -0.310 e. The minimum absolute atomic E-state index is 0.161. The number of carbonyl (C=O) groups excluding carboxylic acids is 1. The summed E-state index contributed by atoms with van der Waals surface area (Å²) < 4.78 is 15.6. The van der Waals surface area contributed by atoms with Gasteiger partial charge in [-0.1, -0.05) is 37.3 Å². The van der Waals surface area contributed by atoms with Gasteiger partial charge in [0.25, 0.3) is 0 Å². The van der Waals surface area contributed by atoms with Crippen molar-refractivity contribution in [2.45, 2.75) is 32.7 Å². The van der Waals surface area contributed by atoms with Crippen LogP contribution in [0.2, 0.25) is 0 Å². The molecule has 1 N–H and O–H groups in total. The van der Waals surface area contributed by atoms with Gasteiger partial charge in [0.15, 0.2) is 0 Å². The van der Waals surface area contributed by atoms with E-state index in [2.05, 4.69) is 17.2 Å². The molecule has 3 aromatic rings. The topological polar surface area (TPSA) is 46.9 Å². The molecule has 0 atom stereocenters. The summed E-state index contributed by atoms with van der Waals surface area (Å²) in [6.45, 7) is 2.86. The van der Waals surface area contributed by atoms with Gasteiger partial charge in [-0.2, -0.15) is 0 Å². The Hall–Kier alpha value is -2.69. The van der Waals surface area contributed by atoms with Gasteiger partial charge >= 0.3 is 0 Å². The lowest BCUT2D eigenvalue weighted by molar-refractivity contribution is -0.116. The summed E-state index contributed by atoms with van der Waals surface area (Å²) >= 11 is 0. The fourth-order valence-corrected chi connectivity index (χ4v) is 2.76. The molecule has 0 unspecified atom stereocenters. The lowest BCUT2D eigenvalue weighted by atomic mass is 10.1. The number of carbonyl (C=O) groups is 1. The fourth-order valence-electron chi connectivity index (χ4n) is 2.76. The molecule has 4 nitrogen and oxygen atoms in total. The molecule has 0 spiro atoms. The zero-order valence-corrected chi connectivity index (χ0v) is 13.6. The lowest BCUT2D eigenvalue weighted by Gasteiger charge is -2.09. The Labute approximate surface area is 140 Å². The number of fused-ring (bicyclic) bond motifs is 1. The summed E-state index contributed by atoms with van der Waals surface area (Å²) in [4.78, 5) is 16.7. The number of nitrogens with one attached hydrogen (secondary N) is 1. The van der Waals surface area contributed by atoms with E-state index in [0.717, 1.165) is 24.0 Å². The van der Waals surface area contributed by atoms with Crippen LogP contribution in [0.1, 0.15) is 25.3 Å².